The van der Waals surface area contributed by atoms with Crippen LogP contribution in [0.5, 0.6) is 5.75 Å². The van der Waals surface area contributed by atoms with Crippen LogP contribution in [0, 0.1) is 6.92 Å². The fraction of sp³-hybridized carbons (Fsp3) is 0.647. The van der Waals surface area contributed by atoms with Gasteiger partial charge in [0, 0.05) is 8.02 Å². The Balaban J connectivity index is 2.46. The van der Waals surface area contributed by atoms with E-state index in [0.717, 1.165) is 25.0 Å². The molecule has 19 heavy (non-hydrogen) atoms. The Kier molecular flexibility index (Phi) is 5.63. The summed E-state index contributed by atoms with van der Waals surface area (Å²) >= 11 is 3.02. The molecule has 1 rings (SSSR count). The lowest BCUT2D eigenvalue weighted by Gasteiger charge is -2.23. The molecule has 1 aromatic rings. The van der Waals surface area contributed by atoms with E-state index in [4.69, 9.17) is 7.48 Å². The maximum Gasteiger partial charge on any atom is 0.123 e. The molecular formula is C17H27BrO. The van der Waals surface area contributed by atoms with Gasteiger partial charge < -0.3 is 4.74 Å². The molecule has 1 nitrogen and oxygen atoms in total. The minimum atomic E-state index is -1.23. The van der Waals surface area contributed by atoms with Crippen LogP contribution < -0.4 is 4.74 Å². The van der Waals surface area contributed by atoms with Gasteiger partial charge in [0.15, 0.2) is 0 Å². The van der Waals surface area contributed by atoms with Crippen molar-refractivity contribution in [2.24, 2.45) is 0 Å². The summed E-state index contributed by atoms with van der Waals surface area (Å²) in [4.78, 5) is 0. The third kappa shape index (κ3) is 5.99. The van der Waals surface area contributed by atoms with Gasteiger partial charge in [0.25, 0.3) is 0 Å². The molecule has 0 radical (unpaired) electrons. The topological polar surface area (TPSA) is 9.23 Å². The minimum absolute atomic E-state index is 0.0767. The number of unbranched alkanes of at least 4 members (excludes halogenated alkanes) is 2. The molecule has 0 aliphatic heterocycles. The lowest BCUT2D eigenvalue weighted by Crippen LogP contribution is -2.14. The highest BCUT2D eigenvalue weighted by molar-refractivity contribution is 9.09. The summed E-state index contributed by atoms with van der Waals surface area (Å²) in [5, 5.41) is -1.23. The first kappa shape index (κ1) is 13.5. The highest BCUT2D eigenvalue weighted by atomic mass is 79.9. The molecule has 0 atom stereocenters. The Hall–Kier alpha value is -0.500. The zero-order valence-electron chi connectivity index (χ0n) is 14.6. The number of aryl methyl sites for hydroxylation is 1. The molecule has 2 heteroatoms. The van der Waals surface area contributed by atoms with Crippen LogP contribution in [0.15, 0.2) is 18.2 Å². The van der Waals surface area contributed by atoms with Gasteiger partial charge in [-0.2, -0.15) is 0 Å². The van der Waals surface area contributed by atoms with Crippen LogP contribution in [0.25, 0.3) is 0 Å². The molecule has 0 aliphatic carbocycles. The summed E-state index contributed by atoms with van der Waals surface area (Å²) in [7, 11) is 0. The number of hydrogen-bond donors (Lipinski definition) is 0. The Labute approximate surface area is 129 Å². The molecule has 0 fully saturated rings. The molecule has 0 saturated carbocycles. The van der Waals surface area contributed by atoms with Crippen molar-refractivity contribution < 1.29 is 7.48 Å². The summed E-state index contributed by atoms with van der Waals surface area (Å²) in [5.74, 6) is 0.976. The minimum Gasteiger partial charge on any atom is -0.493 e. The lowest BCUT2D eigenvalue weighted by atomic mass is 9.85. The number of ether oxygens (including phenoxy) is 1. The molecule has 108 valence electrons. The smallest absolute Gasteiger partial charge is 0.123 e. The highest BCUT2D eigenvalue weighted by Crippen LogP contribution is 2.32. The Morgan fingerprint density at radius 1 is 1.16 bits per heavy atom. The van der Waals surface area contributed by atoms with Crippen molar-refractivity contribution in [3.05, 3.63) is 29.3 Å². The van der Waals surface area contributed by atoms with E-state index in [1.54, 1.807) is 0 Å². The van der Waals surface area contributed by atoms with Crippen LogP contribution in [0.3, 0.4) is 0 Å². The molecule has 0 spiro atoms. The van der Waals surface area contributed by atoms with Crippen LogP contribution in [0.4, 0.5) is 0 Å². The maximum atomic E-state index is 7.42. The van der Waals surface area contributed by atoms with Gasteiger partial charge in [-0.15, -0.1) is 0 Å². The fourth-order valence-corrected chi connectivity index (χ4v) is 2.29. The molecule has 0 aliphatic rings. The summed E-state index contributed by atoms with van der Waals surface area (Å²) < 4.78 is 20.8. The van der Waals surface area contributed by atoms with Gasteiger partial charge in [-0.25, -0.2) is 0 Å². The third-order valence-corrected chi connectivity index (χ3v) is 3.51. The predicted molar refractivity (Wildman–Crippen MR) is 87.6 cm³/mol. The molecule has 1 aromatic carbocycles. The van der Waals surface area contributed by atoms with E-state index >= 15 is 0 Å². The first-order valence-corrected chi connectivity index (χ1v) is 7.82. The summed E-state index contributed by atoms with van der Waals surface area (Å²) in [6.45, 7) is 9.40. The van der Waals surface area contributed by atoms with E-state index < -0.39 is 5.28 Å². The van der Waals surface area contributed by atoms with Crippen LogP contribution in [-0.2, 0) is 5.41 Å². The van der Waals surface area contributed by atoms with Gasteiger partial charge in [-0.1, -0.05) is 67.2 Å². The SMILES string of the molecule is [2H]C([2H])(Br)CCCCCOc1ccc(C)cc1C(C)(C)C. The van der Waals surface area contributed by atoms with Gasteiger partial charge in [-0.3, -0.25) is 0 Å². The monoisotopic (exact) mass is 328 g/mol. The number of halogens is 1. The molecule has 0 saturated heterocycles. The van der Waals surface area contributed by atoms with E-state index in [9.17, 15) is 0 Å². The standard InChI is InChI=1S/C17H27BrO/c1-14-9-10-16(15(13-14)17(2,3)4)19-12-8-6-5-7-11-18/h9-10,13H,5-8,11-12H2,1-4H3/i11D2. The second kappa shape index (κ2) is 7.94. The van der Waals surface area contributed by atoms with E-state index in [-0.39, 0.29) is 5.41 Å². The second-order valence-electron chi connectivity index (χ2n) is 6.04. The Morgan fingerprint density at radius 2 is 1.84 bits per heavy atom. The average Bonchev–Trinajstić information content (AvgIpc) is 2.32. The van der Waals surface area contributed by atoms with E-state index in [1.165, 1.54) is 11.1 Å². The third-order valence-electron chi connectivity index (χ3n) is 3.12. The number of benzene rings is 1. The fourth-order valence-electron chi connectivity index (χ4n) is 2.01. The van der Waals surface area contributed by atoms with E-state index in [0.29, 0.717) is 13.0 Å². The van der Waals surface area contributed by atoms with Gasteiger partial charge in [0.2, 0.25) is 0 Å². The van der Waals surface area contributed by atoms with Crippen LogP contribution >= 0.6 is 15.9 Å². The largest absolute Gasteiger partial charge is 0.493 e. The van der Waals surface area contributed by atoms with Crippen molar-refractivity contribution in [2.45, 2.75) is 58.8 Å². The van der Waals surface area contributed by atoms with Crippen molar-refractivity contribution in [1.29, 1.82) is 0 Å². The van der Waals surface area contributed by atoms with E-state index in [2.05, 4.69) is 61.8 Å². The molecule has 0 aromatic heterocycles. The lowest BCUT2D eigenvalue weighted by molar-refractivity contribution is 0.297. The predicted octanol–water partition coefficient (Wildman–Crippen LogP) is 5.63. The van der Waals surface area contributed by atoms with Crippen molar-refractivity contribution >= 4 is 15.9 Å². The quantitative estimate of drug-likeness (QED) is 0.465. The molecule has 0 N–H and O–H groups in total. The number of rotatable bonds is 7. The Bertz CT molecular complexity index is 447. The maximum absolute atomic E-state index is 7.42. The van der Waals surface area contributed by atoms with E-state index in [1.807, 2.05) is 0 Å². The van der Waals surface area contributed by atoms with Gasteiger partial charge in [0.1, 0.15) is 5.75 Å². The Morgan fingerprint density at radius 3 is 2.47 bits per heavy atom. The zero-order valence-corrected chi connectivity index (χ0v) is 14.1. The highest BCUT2D eigenvalue weighted by Gasteiger charge is 2.18. The number of alkyl halides is 1. The normalized spacial score (nSPS) is 13.9. The van der Waals surface area contributed by atoms with Crippen molar-refractivity contribution in [3.63, 3.8) is 0 Å². The molecule has 0 heterocycles. The van der Waals surface area contributed by atoms with Crippen molar-refractivity contribution in [3.8, 4) is 5.75 Å². The van der Waals surface area contributed by atoms with Gasteiger partial charge >= 0.3 is 0 Å². The van der Waals surface area contributed by atoms with Crippen LogP contribution in [0.2, 0.25) is 0 Å². The van der Waals surface area contributed by atoms with Gasteiger partial charge in [-0.05, 0) is 36.8 Å². The average molecular weight is 329 g/mol. The van der Waals surface area contributed by atoms with Crippen LogP contribution in [-0.4, -0.2) is 11.9 Å². The molecule has 0 bridgehead atoms. The van der Waals surface area contributed by atoms with Crippen molar-refractivity contribution in [2.75, 3.05) is 11.9 Å². The second-order valence-corrected chi connectivity index (χ2v) is 6.60. The first-order chi connectivity index (χ1) is 9.59. The zero-order chi connectivity index (χ0) is 16.1. The van der Waals surface area contributed by atoms with Crippen LogP contribution in [0.1, 0.15) is 60.3 Å². The van der Waals surface area contributed by atoms with Crippen molar-refractivity contribution in [1.82, 2.24) is 0 Å². The summed E-state index contributed by atoms with van der Waals surface area (Å²) in [6, 6.07) is 6.35. The molecular weight excluding hydrogens is 300 g/mol. The molecule has 0 amide bonds. The van der Waals surface area contributed by atoms with Gasteiger partial charge in [0.05, 0.1) is 6.61 Å². The number of hydrogen-bond acceptors (Lipinski definition) is 1. The summed E-state index contributed by atoms with van der Waals surface area (Å²) in [6.07, 6.45) is 3.37. The summed E-state index contributed by atoms with van der Waals surface area (Å²) in [5.41, 5.74) is 2.58. The first-order valence-electron chi connectivity index (χ1n) is 8.02. The molecule has 0 unspecified atom stereocenters.